The van der Waals surface area contributed by atoms with Crippen LogP contribution in [0.2, 0.25) is 0 Å². The van der Waals surface area contributed by atoms with Gasteiger partial charge in [0.1, 0.15) is 5.01 Å². The third-order valence-electron chi connectivity index (χ3n) is 4.15. The summed E-state index contributed by atoms with van der Waals surface area (Å²) in [5, 5.41) is 6.87. The van der Waals surface area contributed by atoms with Crippen LogP contribution in [0, 0.1) is 12.8 Å². The van der Waals surface area contributed by atoms with E-state index in [1.165, 1.54) is 17.0 Å². The van der Waals surface area contributed by atoms with Crippen molar-refractivity contribution in [2.24, 2.45) is 5.92 Å². The lowest BCUT2D eigenvalue weighted by Gasteiger charge is -2.25. The standard InChI is InChI=1S/C16H22N4S/c1-12-11-21-15(19-12)10-18-9-14-5-7-20(2)16(14)13-4-3-6-17-8-13/h3-4,6,8,11,14,16,18H,5,7,9-10H2,1-2H3/t14-,16-/m0/s1. The van der Waals surface area contributed by atoms with Gasteiger partial charge >= 0.3 is 0 Å². The number of aromatic nitrogens is 2. The average Bonchev–Trinajstić information content (AvgIpc) is 3.06. The fourth-order valence-corrected chi connectivity index (χ4v) is 3.91. The van der Waals surface area contributed by atoms with Crippen LogP contribution in [-0.4, -0.2) is 35.0 Å². The first kappa shape index (κ1) is 14.6. The minimum Gasteiger partial charge on any atom is -0.310 e. The summed E-state index contributed by atoms with van der Waals surface area (Å²) >= 11 is 1.74. The van der Waals surface area contributed by atoms with Gasteiger partial charge < -0.3 is 5.32 Å². The molecule has 1 saturated heterocycles. The molecule has 3 rings (SSSR count). The Kier molecular flexibility index (Phi) is 4.63. The van der Waals surface area contributed by atoms with Crippen LogP contribution >= 0.6 is 11.3 Å². The van der Waals surface area contributed by atoms with Crippen LogP contribution in [0.3, 0.4) is 0 Å². The molecular formula is C16H22N4S. The maximum absolute atomic E-state index is 4.50. The van der Waals surface area contributed by atoms with E-state index in [-0.39, 0.29) is 0 Å². The van der Waals surface area contributed by atoms with Crippen LogP contribution in [0.15, 0.2) is 29.9 Å². The molecule has 112 valence electrons. The molecule has 2 aromatic rings. The van der Waals surface area contributed by atoms with Crippen LogP contribution in [-0.2, 0) is 6.54 Å². The lowest BCUT2D eigenvalue weighted by atomic mass is 9.95. The first-order valence-corrected chi connectivity index (χ1v) is 8.34. The van der Waals surface area contributed by atoms with Crippen LogP contribution in [0.5, 0.6) is 0 Å². The molecule has 0 radical (unpaired) electrons. The molecule has 0 spiro atoms. The highest BCUT2D eigenvalue weighted by molar-refractivity contribution is 7.09. The third kappa shape index (κ3) is 3.48. The first-order chi connectivity index (χ1) is 10.2. The predicted molar refractivity (Wildman–Crippen MR) is 86.3 cm³/mol. The van der Waals surface area contributed by atoms with Gasteiger partial charge in [-0.25, -0.2) is 4.98 Å². The van der Waals surface area contributed by atoms with E-state index >= 15 is 0 Å². The van der Waals surface area contributed by atoms with Crippen molar-refractivity contribution < 1.29 is 0 Å². The molecule has 0 aliphatic carbocycles. The van der Waals surface area contributed by atoms with E-state index in [2.05, 4.69) is 38.7 Å². The summed E-state index contributed by atoms with van der Waals surface area (Å²) < 4.78 is 0. The summed E-state index contributed by atoms with van der Waals surface area (Å²) in [5.74, 6) is 0.639. The number of thiazole rings is 1. The van der Waals surface area contributed by atoms with Gasteiger partial charge in [-0.1, -0.05) is 6.07 Å². The highest BCUT2D eigenvalue weighted by atomic mass is 32.1. The second-order valence-electron chi connectivity index (χ2n) is 5.77. The van der Waals surface area contributed by atoms with Gasteiger partial charge in [-0.3, -0.25) is 9.88 Å². The number of pyridine rings is 1. The lowest BCUT2D eigenvalue weighted by molar-refractivity contribution is 0.271. The Hall–Kier alpha value is -1.30. The molecule has 0 unspecified atom stereocenters. The molecule has 1 aliphatic rings. The first-order valence-electron chi connectivity index (χ1n) is 7.46. The smallest absolute Gasteiger partial charge is 0.107 e. The molecule has 0 amide bonds. The molecule has 4 nitrogen and oxygen atoms in total. The van der Waals surface area contributed by atoms with E-state index in [0.717, 1.165) is 25.3 Å². The maximum atomic E-state index is 4.50. The number of likely N-dealkylation sites (tertiary alicyclic amines) is 1. The average molecular weight is 302 g/mol. The van der Waals surface area contributed by atoms with Gasteiger partial charge in [0.15, 0.2) is 0 Å². The number of nitrogens with zero attached hydrogens (tertiary/aromatic N) is 3. The Morgan fingerprint density at radius 3 is 3.10 bits per heavy atom. The Labute approximate surface area is 130 Å². The van der Waals surface area contributed by atoms with E-state index in [4.69, 9.17) is 0 Å². The Bertz CT molecular complexity index is 569. The maximum Gasteiger partial charge on any atom is 0.107 e. The molecule has 1 fully saturated rings. The van der Waals surface area contributed by atoms with Crippen molar-refractivity contribution in [3.63, 3.8) is 0 Å². The highest BCUT2D eigenvalue weighted by Crippen LogP contribution is 2.35. The number of hydrogen-bond donors (Lipinski definition) is 1. The van der Waals surface area contributed by atoms with Crippen molar-refractivity contribution in [3.8, 4) is 0 Å². The molecule has 3 heterocycles. The fraction of sp³-hybridized carbons (Fsp3) is 0.500. The second-order valence-corrected chi connectivity index (χ2v) is 6.72. The molecule has 1 aliphatic heterocycles. The van der Waals surface area contributed by atoms with Crippen molar-refractivity contribution in [2.45, 2.75) is 25.9 Å². The van der Waals surface area contributed by atoms with Crippen molar-refractivity contribution in [3.05, 3.63) is 46.2 Å². The molecule has 2 aromatic heterocycles. The van der Waals surface area contributed by atoms with Gasteiger partial charge in [0.2, 0.25) is 0 Å². The zero-order valence-corrected chi connectivity index (χ0v) is 13.4. The summed E-state index contributed by atoms with van der Waals surface area (Å²) in [6.07, 6.45) is 5.08. The van der Waals surface area contributed by atoms with Gasteiger partial charge in [-0.15, -0.1) is 11.3 Å². The quantitative estimate of drug-likeness (QED) is 0.922. The van der Waals surface area contributed by atoms with Gasteiger partial charge in [0, 0.05) is 42.6 Å². The fourth-order valence-electron chi connectivity index (χ4n) is 3.17. The van der Waals surface area contributed by atoms with Crippen molar-refractivity contribution in [1.82, 2.24) is 20.2 Å². The van der Waals surface area contributed by atoms with E-state index in [9.17, 15) is 0 Å². The Balaban J connectivity index is 1.59. The molecule has 0 bridgehead atoms. The largest absolute Gasteiger partial charge is 0.310 e. The van der Waals surface area contributed by atoms with E-state index in [1.807, 2.05) is 25.4 Å². The Morgan fingerprint density at radius 1 is 1.48 bits per heavy atom. The number of nitrogens with one attached hydrogen (secondary N) is 1. The number of rotatable bonds is 5. The van der Waals surface area contributed by atoms with Crippen molar-refractivity contribution >= 4 is 11.3 Å². The molecule has 5 heteroatoms. The van der Waals surface area contributed by atoms with Crippen LogP contribution in [0.4, 0.5) is 0 Å². The molecular weight excluding hydrogens is 280 g/mol. The minimum atomic E-state index is 0.476. The topological polar surface area (TPSA) is 41.0 Å². The van der Waals surface area contributed by atoms with Gasteiger partial charge in [0.25, 0.3) is 0 Å². The van der Waals surface area contributed by atoms with Gasteiger partial charge in [0.05, 0.1) is 0 Å². The molecule has 1 N–H and O–H groups in total. The van der Waals surface area contributed by atoms with Crippen molar-refractivity contribution in [1.29, 1.82) is 0 Å². The SMILES string of the molecule is Cc1csc(CNC[C@@H]2CCN(C)[C@H]2c2cccnc2)n1. The third-order valence-corrected chi connectivity index (χ3v) is 5.12. The van der Waals surface area contributed by atoms with Gasteiger partial charge in [-0.2, -0.15) is 0 Å². The van der Waals surface area contributed by atoms with Gasteiger partial charge in [-0.05, 0) is 44.5 Å². The summed E-state index contributed by atoms with van der Waals surface area (Å²) in [6.45, 7) is 5.10. The summed E-state index contributed by atoms with van der Waals surface area (Å²) in [5.41, 5.74) is 2.44. The predicted octanol–water partition coefficient (Wildman–Crippen LogP) is 2.63. The molecule has 0 aromatic carbocycles. The molecule has 21 heavy (non-hydrogen) atoms. The second kappa shape index (κ2) is 6.64. The normalized spacial score (nSPS) is 22.8. The van der Waals surface area contributed by atoms with E-state index < -0.39 is 0 Å². The number of hydrogen-bond acceptors (Lipinski definition) is 5. The lowest BCUT2D eigenvalue weighted by Crippen LogP contribution is -2.28. The van der Waals surface area contributed by atoms with Crippen LogP contribution in [0.1, 0.15) is 28.7 Å². The van der Waals surface area contributed by atoms with Crippen molar-refractivity contribution in [2.75, 3.05) is 20.1 Å². The molecule has 0 saturated carbocycles. The van der Waals surface area contributed by atoms with Crippen LogP contribution in [0.25, 0.3) is 0 Å². The summed E-state index contributed by atoms with van der Waals surface area (Å²) in [4.78, 5) is 11.2. The minimum absolute atomic E-state index is 0.476. The summed E-state index contributed by atoms with van der Waals surface area (Å²) in [6, 6.07) is 4.70. The van der Waals surface area contributed by atoms with Crippen LogP contribution < -0.4 is 5.32 Å². The summed E-state index contributed by atoms with van der Waals surface area (Å²) in [7, 11) is 2.21. The zero-order chi connectivity index (χ0) is 14.7. The Morgan fingerprint density at radius 2 is 2.38 bits per heavy atom. The van der Waals surface area contributed by atoms with E-state index in [1.54, 1.807) is 11.3 Å². The highest BCUT2D eigenvalue weighted by Gasteiger charge is 2.32. The molecule has 2 atom stereocenters. The van der Waals surface area contributed by atoms with E-state index in [0.29, 0.717) is 12.0 Å². The zero-order valence-electron chi connectivity index (χ0n) is 12.6. The number of aryl methyl sites for hydroxylation is 1. The monoisotopic (exact) mass is 302 g/mol.